The molecular formula is C14H20BrClN2O2. The van der Waals surface area contributed by atoms with E-state index in [1.807, 2.05) is 29.2 Å². The molecule has 1 N–H and O–H groups in total. The predicted molar refractivity (Wildman–Crippen MR) is 85.5 cm³/mol. The molecule has 1 aliphatic heterocycles. The molecule has 1 heterocycles. The Morgan fingerprint density at radius 2 is 2.25 bits per heavy atom. The first-order chi connectivity index (χ1) is 9.18. The molecule has 1 fully saturated rings. The van der Waals surface area contributed by atoms with Gasteiger partial charge < -0.3 is 15.0 Å². The molecule has 20 heavy (non-hydrogen) atoms. The van der Waals surface area contributed by atoms with Gasteiger partial charge in [0.15, 0.2) is 0 Å². The second-order valence-corrected chi connectivity index (χ2v) is 5.52. The van der Waals surface area contributed by atoms with Gasteiger partial charge in [0.2, 0.25) is 5.91 Å². The molecule has 6 heteroatoms. The Bertz CT molecular complexity index is 445. The number of piperazine rings is 1. The number of amides is 1. The fourth-order valence-electron chi connectivity index (χ4n) is 2.17. The lowest BCUT2D eigenvalue weighted by atomic mass is 10.2. The topological polar surface area (TPSA) is 41.6 Å². The van der Waals surface area contributed by atoms with Crippen molar-refractivity contribution in [3.05, 3.63) is 28.7 Å². The average Bonchev–Trinajstić information content (AvgIpc) is 2.41. The van der Waals surface area contributed by atoms with E-state index in [9.17, 15) is 4.79 Å². The zero-order valence-electron chi connectivity index (χ0n) is 11.5. The maximum atomic E-state index is 12.1. The molecule has 0 spiro atoms. The van der Waals surface area contributed by atoms with Crippen molar-refractivity contribution in [2.75, 3.05) is 26.2 Å². The lowest BCUT2D eigenvalue weighted by Gasteiger charge is -2.34. The van der Waals surface area contributed by atoms with Gasteiger partial charge in [-0.3, -0.25) is 4.79 Å². The first kappa shape index (κ1) is 17.3. The number of carbonyl (C=O) groups is 1. The Morgan fingerprint density at radius 1 is 1.50 bits per heavy atom. The fraction of sp³-hybridized carbons (Fsp3) is 0.500. The Balaban J connectivity index is 0.00000200. The van der Waals surface area contributed by atoms with Crippen LogP contribution in [0.25, 0.3) is 0 Å². The SMILES string of the molecule is C[C@H]1CNCCN1C(=O)CCOc1ccccc1Br.Cl. The second kappa shape index (κ2) is 8.49. The van der Waals surface area contributed by atoms with E-state index in [-0.39, 0.29) is 24.4 Å². The van der Waals surface area contributed by atoms with Gasteiger partial charge in [-0.2, -0.15) is 0 Å². The summed E-state index contributed by atoms with van der Waals surface area (Å²) >= 11 is 3.42. The van der Waals surface area contributed by atoms with Crippen LogP contribution in [0.15, 0.2) is 28.7 Å². The fourth-order valence-corrected chi connectivity index (χ4v) is 2.56. The molecule has 1 aromatic carbocycles. The highest BCUT2D eigenvalue weighted by molar-refractivity contribution is 9.10. The molecule has 1 amide bonds. The van der Waals surface area contributed by atoms with Crippen LogP contribution in [0.4, 0.5) is 0 Å². The van der Waals surface area contributed by atoms with Crippen LogP contribution in [0.1, 0.15) is 13.3 Å². The van der Waals surface area contributed by atoms with E-state index in [2.05, 4.69) is 28.2 Å². The van der Waals surface area contributed by atoms with Crippen LogP contribution >= 0.6 is 28.3 Å². The van der Waals surface area contributed by atoms with Crippen molar-refractivity contribution in [3.8, 4) is 5.75 Å². The van der Waals surface area contributed by atoms with E-state index in [1.165, 1.54) is 0 Å². The van der Waals surface area contributed by atoms with E-state index in [4.69, 9.17) is 4.74 Å². The number of ether oxygens (including phenoxy) is 1. The van der Waals surface area contributed by atoms with Gasteiger partial charge in [0, 0.05) is 25.7 Å². The lowest BCUT2D eigenvalue weighted by Crippen LogP contribution is -2.52. The zero-order chi connectivity index (χ0) is 13.7. The first-order valence-corrected chi connectivity index (χ1v) is 7.35. The Kier molecular flexibility index (Phi) is 7.34. The molecule has 2 rings (SSSR count). The van der Waals surface area contributed by atoms with Crippen LogP contribution in [0.2, 0.25) is 0 Å². The summed E-state index contributed by atoms with van der Waals surface area (Å²) in [6, 6.07) is 7.94. The van der Waals surface area contributed by atoms with Crippen molar-refractivity contribution in [2.24, 2.45) is 0 Å². The molecular weight excluding hydrogens is 344 g/mol. The summed E-state index contributed by atoms with van der Waals surface area (Å²) in [6.07, 6.45) is 0.422. The van der Waals surface area contributed by atoms with Gasteiger partial charge in [-0.05, 0) is 35.0 Å². The van der Waals surface area contributed by atoms with Crippen molar-refractivity contribution in [1.82, 2.24) is 10.2 Å². The van der Waals surface area contributed by atoms with Crippen molar-refractivity contribution in [1.29, 1.82) is 0 Å². The Hall–Kier alpha value is -0.780. The number of nitrogens with one attached hydrogen (secondary N) is 1. The van der Waals surface area contributed by atoms with E-state index in [0.29, 0.717) is 13.0 Å². The Labute approximate surface area is 134 Å². The van der Waals surface area contributed by atoms with Gasteiger partial charge in [-0.25, -0.2) is 0 Å². The number of hydrogen-bond donors (Lipinski definition) is 1. The van der Waals surface area contributed by atoms with Crippen LogP contribution in [0.3, 0.4) is 0 Å². The summed E-state index contributed by atoms with van der Waals surface area (Å²) in [6.45, 7) is 5.02. The highest BCUT2D eigenvalue weighted by Crippen LogP contribution is 2.23. The summed E-state index contributed by atoms with van der Waals surface area (Å²) in [7, 11) is 0. The third-order valence-corrected chi connectivity index (χ3v) is 3.89. The molecule has 0 radical (unpaired) electrons. The van der Waals surface area contributed by atoms with Gasteiger partial charge in [0.25, 0.3) is 0 Å². The van der Waals surface area contributed by atoms with Crippen molar-refractivity contribution >= 4 is 34.2 Å². The third kappa shape index (κ3) is 4.65. The quantitative estimate of drug-likeness (QED) is 0.893. The first-order valence-electron chi connectivity index (χ1n) is 6.56. The minimum atomic E-state index is 0. The van der Waals surface area contributed by atoms with E-state index in [1.54, 1.807) is 0 Å². The van der Waals surface area contributed by atoms with Crippen LogP contribution in [0, 0.1) is 0 Å². The standard InChI is InChI=1S/C14H19BrN2O2.ClH/c1-11-10-16-7-8-17(11)14(18)6-9-19-13-5-3-2-4-12(13)15;/h2-5,11,16H,6-10H2,1H3;1H/t11-;/m0./s1. The van der Waals surface area contributed by atoms with E-state index in [0.717, 1.165) is 29.9 Å². The number of halogens is 2. The number of hydrogen-bond acceptors (Lipinski definition) is 3. The van der Waals surface area contributed by atoms with Crippen LogP contribution in [-0.4, -0.2) is 43.1 Å². The lowest BCUT2D eigenvalue weighted by molar-refractivity contribution is -0.134. The van der Waals surface area contributed by atoms with E-state index < -0.39 is 0 Å². The molecule has 0 saturated carbocycles. The molecule has 1 saturated heterocycles. The van der Waals surface area contributed by atoms with Gasteiger partial charge >= 0.3 is 0 Å². The molecule has 1 aliphatic rings. The largest absolute Gasteiger partial charge is 0.492 e. The van der Waals surface area contributed by atoms with Gasteiger partial charge in [-0.1, -0.05) is 12.1 Å². The predicted octanol–water partition coefficient (Wildman–Crippen LogP) is 2.46. The molecule has 0 unspecified atom stereocenters. The second-order valence-electron chi connectivity index (χ2n) is 4.67. The molecule has 0 aromatic heterocycles. The maximum Gasteiger partial charge on any atom is 0.226 e. The average molecular weight is 364 g/mol. The van der Waals surface area contributed by atoms with Crippen molar-refractivity contribution in [3.63, 3.8) is 0 Å². The normalized spacial score (nSPS) is 18.3. The molecule has 0 aliphatic carbocycles. The van der Waals surface area contributed by atoms with Gasteiger partial charge in [0.1, 0.15) is 5.75 Å². The monoisotopic (exact) mass is 362 g/mol. The van der Waals surface area contributed by atoms with Gasteiger partial charge in [0.05, 0.1) is 17.5 Å². The minimum absolute atomic E-state index is 0. The third-order valence-electron chi connectivity index (χ3n) is 3.23. The highest BCUT2D eigenvalue weighted by Gasteiger charge is 2.22. The molecule has 4 nitrogen and oxygen atoms in total. The number of rotatable bonds is 4. The summed E-state index contributed by atoms with van der Waals surface area (Å²) < 4.78 is 6.54. The summed E-state index contributed by atoms with van der Waals surface area (Å²) in [5, 5.41) is 3.28. The van der Waals surface area contributed by atoms with Crippen molar-refractivity contribution in [2.45, 2.75) is 19.4 Å². The van der Waals surface area contributed by atoms with Gasteiger partial charge in [-0.15, -0.1) is 12.4 Å². The van der Waals surface area contributed by atoms with Crippen LogP contribution < -0.4 is 10.1 Å². The smallest absolute Gasteiger partial charge is 0.226 e. The summed E-state index contributed by atoms with van der Waals surface area (Å²) in [4.78, 5) is 14.0. The maximum absolute atomic E-state index is 12.1. The van der Waals surface area contributed by atoms with E-state index >= 15 is 0 Å². The van der Waals surface area contributed by atoms with Crippen LogP contribution in [-0.2, 0) is 4.79 Å². The Morgan fingerprint density at radius 3 is 2.95 bits per heavy atom. The zero-order valence-corrected chi connectivity index (χ0v) is 13.9. The van der Waals surface area contributed by atoms with Crippen LogP contribution in [0.5, 0.6) is 5.75 Å². The minimum Gasteiger partial charge on any atom is -0.492 e. The molecule has 112 valence electrons. The molecule has 1 aromatic rings. The number of carbonyl (C=O) groups excluding carboxylic acids is 1. The summed E-state index contributed by atoms with van der Waals surface area (Å²) in [5.41, 5.74) is 0. The molecule has 1 atom stereocenters. The number of nitrogens with zero attached hydrogens (tertiary/aromatic N) is 1. The van der Waals surface area contributed by atoms with Crippen molar-refractivity contribution < 1.29 is 9.53 Å². The molecule has 0 bridgehead atoms. The number of para-hydroxylation sites is 1. The number of benzene rings is 1. The highest BCUT2D eigenvalue weighted by atomic mass is 79.9. The summed E-state index contributed by atoms with van der Waals surface area (Å²) in [5.74, 6) is 0.949.